The van der Waals surface area contributed by atoms with Gasteiger partial charge in [0.05, 0.1) is 23.2 Å². The minimum Gasteiger partial charge on any atom is -0.397 e. The second-order valence-corrected chi connectivity index (χ2v) is 10.3. The third-order valence-electron chi connectivity index (χ3n) is 6.32. The summed E-state index contributed by atoms with van der Waals surface area (Å²) in [6.07, 6.45) is 2.78. The van der Waals surface area contributed by atoms with Crippen molar-refractivity contribution in [2.75, 3.05) is 18.1 Å². The summed E-state index contributed by atoms with van der Waals surface area (Å²) in [5, 5.41) is 3.48. The molecule has 2 aromatic rings. The third-order valence-corrected chi connectivity index (χ3v) is 7.73. The number of carbonyl (C=O) groups is 1. The van der Waals surface area contributed by atoms with E-state index in [-0.39, 0.29) is 16.1 Å². The van der Waals surface area contributed by atoms with Gasteiger partial charge in [0.2, 0.25) is 5.91 Å². The molecule has 3 rings (SSSR count). The number of rotatable bonds is 8. The number of alkyl halides is 3. The highest BCUT2D eigenvalue weighted by Gasteiger charge is 2.35. The molecule has 0 aliphatic heterocycles. The predicted molar refractivity (Wildman–Crippen MR) is 132 cm³/mol. The van der Waals surface area contributed by atoms with Gasteiger partial charge in [0, 0.05) is 23.2 Å². The molecule has 0 bridgehead atoms. The van der Waals surface area contributed by atoms with Gasteiger partial charge >= 0.3 is 6.18 Å². The molecule has 1 fully saturated rings. The Balaban J connectivity index is 1.72. The molecule has 37 heavy (non-hydrogen) atoms. The van der Waals surface area contributed by atoms with Crippen LogP contribution in [0, 0.1) is 17.5 Å². The van der Waals surface area contributed by atoms with E-state index in [1.807, 2.05) is 6.26 Å². The highest BCUT2D eigenvalue weighted by Crippen LogP contribution is 2.39. The Hall–Kier alpha value is -2.86. The van der Waals surface area contributed by atoms with Crippen LogP contribution >= 0.6 is 11.8 Å². The molecule has 0 spiro atoms. The monoisotopic (exact) mass is 546 g/mol. The zero-order chi connectivity index (χ0) is 27.4. The molecule has 202 valence electrons. The minimum absolute atomic E-state index is 0.0753. The largest absolute Gasteiger partial charge is 0.419 e. The van der Waals surface area contributed by atoms with Crippen LogP contribution in [0.15, 0.2) is 36.5 Å². The summed E-state index contributed by atoms with van der Waals surface area (Å²) in [6.45, 7) is 0.443. The number of amides is 1. The van der Waals surface area contributed by atoms with Crippen molar-refractivity contribution in [1.29, 1.82) is 0 Å². The van der Waals surface area contributed by atoms with Gasteiger partial charge in [-0.1, -0.05) is 31.4 Å². The van der Waals surface area contributed by atoms with Crippen LogP contribution in [-0.2, 0) is 17.4 Å². The van der Waals surface area contributed by atoms with Crippen LogP contribution in [0.3, 0.4) is 0 Å². The maximum absolute atomic E-state index is 14.8. The van der Waals surface area contributed by atoms with Gasteiger partial charge < -0.3 is 16.1 Å². The van der Waals surface area contributed by atoms with Crippen LogP contribution in [0.1, 0.15) is 48.8 Å². The van der Waals surface area contributed by atoms with Crippen molar-refractivity contribution < 1.29 is 31.1 Å². The number of hydrogen-bond acceptors (Lipinski definition) is 5. The molecule has 5 N–H and O–H groups in total. The zero-order valence-electron chi connectivity index (χ0n) is 20.1. The summed E-state index contributed by atoms with van der Waals surface area (Å²) in [5.41, 5.74) is 2.81. The van der Waals surface area contributed by atoms with Crippen LogP contribution in [0.2, 0.25) is 0 Å². The molecule has 1 aliphatic carbocycles. The molecular formula is C25H28F6N4OS. The van der Waals surface area contributed by atoms with E-state index in [4.69, 9.17) is 11.6 Å². The highest BCUT2D eigenvalue weighted by molar-refractivity contribution is 8.00. The molecule has 0 heterocycles. The molecule has 1 saturated carbocycles. The van der Waals surface area contributed by atoms with Crippen LogP contribution < -0.4 is 16.9 Å². The molecule has 2 aromatic carbocycles. The molecule has 1 aliphatic rings. The van der Waals surface area contributed by atoms with Crippen molar-refractivity contribution in [3.05, 3.63) is 70.7 Å². The standard InChI is InChI=1S/C25H28F6N4OS/c1-37-24(8-3-2-4-9-24)14-35(33)13-20(32)22-18(26)11-16(12-19(22)27)34-21(36)10-15-6-5-7-17(23(15)28)25(29,30)31/h5-7,11-13H,2-4,8-10,14,32-33H2,1H3,(H,34,36)/b20-13-. The first kappa shape index (κ1) is 28.7. The molecule has 0 unspecified atom stereocenters. The number of benzene rings is 2. The van der Waals surface area contributed by atoms with E-state index >= 15 is 0 Å². The molecule has 0 atom stereocenters. The van der Waals surface area contributed by atoms with Gasteiger partial charge in [0.25, 0.3) is 0 Å². The fraction of sp³-hybridized carbons (Fsp3) is 0.400. The molecule has 0 aromatic heterocycles. The van der Waals surface area contributed by atoms with Crippen LogP contribution in [0.5, 0.6) is 0 Å². The quantitative estimate of drug-likeness (QED) is 0.221. The lowest BCUT2D eigenvalue weighted by molar-refractivity contribution is -0.140. The number of nitrogens with one attached hydrogen (secondary N) is 1. The van der Waals surface area contributed by atoms with Gasteiger partial charge in [0.1, 0.15) is 17.5 Å². The molecule has 0 saturated heterocycles. The highest BCUT2D eigenvalue weighted by atomic mass is 32.2. The molecular weight excluding hydrogens is 518 g/mol. The number of nitrogens with zero attached hydrogens (tertiary/aromatic N) is 1. The second kappa shape index (κ2) is 11.7. The summed E-state index contributed by atoms with van der Waals surface area (Å²) in [6, 6.07) is 4.16. The fourth-order valence-corrected chi connectivity index (χ4v) is 5.45. The Bertz CT molecular complexity index is 1140. The fourth-order valence-electron chi connectivity index (χ4n) is 4.48. The van der Waals surface area contributed by atoms with Crippen molar-refractivity contribution in [2.24, 2.45) is 11.6 Å². The van der Waals surface area contributed by atoms with E-state index in [0.29, 0.717) is 12.6 Å². The summed E-state index contributed by atoms with van der Waals surface area (Å²) in [4.78, 5) is 12.3. The van der Waals surface area contributed by atoms with Crippen molar-refractivity contribution in [3.63, 3.8) is 0 Å². The van der Waals surface area contributed by atoms with Crippen LogP contribution in [-0.4, -0.2) is 28.5 Å². The van der Waals surface area contributed by atoms with E-state index in [1.165, 1.54) is 11.2 Å². The number of anilines is 1. The minimum atomic E-state index is -4.93. The topological polar surface area (TPSA) is 84.4 Å². The lowest BCUT2D eigenvalue weighted by Crippen LogP contribution is -2.43. The predicted octanol–water partition coefficient (Wildman–Crippen LogP) is 5.80. The van der Waals surface area contributed by atoms with E-state index in [9.17, 15) is 31.1 Å². The van der Waals surface area contributed by atoms with Crippen molar-refractivity contribution >= 4 is 29.1 Å². The number of hydrazine groups is 1. The first-order valence-corrected chi connectivity index (χ1v) is 12.8. The summed E-state index contributed by atoms with van der Waals surface area (Å²) >= 11 is 1.70. The molecule has 5 nitrogen and oxygen atoms in total. The Kier molecular flexibility index (Phi) is 9.06. The van der Waals surface area contributed by atoms with Crippen LogP contribution in [0.4, 0.5) is 32.0 Å². The summed E-state index contributed by atoms with van der Waals surface area (Å²) in [5.74, 6) is 1.37. The van der Waals surface area contributed by atoms with Gasteiger partial charge in [-0.3, -0.25) is 4.79 Å². The zero-order valence-corrected chi connectivity index (χ0v) is 20.9. The SMILES string of the molecule is CSC1(CN(N)/C=C(\N)c2c(F)cc(NC(=O)Cc3cccc(C(F)(F)F)c3F)cc2F)CCCCC1. The van der Waals surface area contributed by atoms with Gasteiger partial charge in [0.15, 0.2) is 0 Å². The number of hydrogen-bond donors (Lipinski definition) is 3. The van der Waals surface area contributed by atoms with Crippen molar-refractivity contribution in [3.8, 4) is 0 Å². The first-order chi connectivity index (χ1) is 17.3. The van der Waals surface area contributed by atoms with Crippen molar-refractivity contribution in [1.82, 2.24) is 5.01 Å². The normalized spacial score (nSPS) is 15.9. The third kappa shape index (κ3) is 7.13. The van der Waals surface area contributed by atoms with Gasteiger partial charge in [-0.2, -0.15) is 24.9 Å². The van der Waals surface area contributed by atoms with E-state index in [1.54, 1.807) is 11.8 Å². The number of carbonyl (C=O) groups excluding carboxylic acids is 1. The lowest BCUT2D eigenvalue weighted by atomic mass is 9.88. The maximum atomic E-state index is 14.8. The molecule has 12 heteroatoms. The molecule has 1 amide bonds. The Morgan fingerprint density at radius 3 is 2.32 bits per heavy atom. The average molecular weight is 547 g/mol. The number of thioether (sulfide) groups is 1. The van der Waals surface area contributed by atoms with Crippen molar-refractivity contribution in [2.45, 2.75) is 49.4 Å². The van der Waals surface area contributed by atoms with Gasteiger partial charge in [-0.25, -0.2) is 19.0 Å². The maximum Gasteiger partial charge on any atom is 0.419 e. The smallest absolute Gasteiger partial charge is 0.397 e. The first-order valence-electron chi connectivity index (χ1n) is 11.5. The summed E-state index contributed by atoms with van der Waals surface area (Å²) in [7, 11) is 0. The van der Waals surface area contributed by atoms with Gasteiger partial charge in [-0.15, -0.1) is 0 Å². The second-order valence-electron chi connectivity index (χ2n) is 9.02. The number of nitrogens with two attached hydrogens (primary N) is 2. The van der Waals surface area contributed by atoms with Crippen LogP contribution in [0.25, 0.3) is 5.70 Å². The Morgan fingerprint density at radius 2 is 1.76 bits per heavy atom. The molecule has 0 radical (unpaired) electrons. The van der Waals surface area contributed by atoms with Gasteiger partial charge in [-0.05, 0) is 42.9 Å². The average Bonchev–Trinajstić information content (AvgIpc) is 2.79. The lowest BCUT2D eigenvalue weighted by Gasteiger charge is -2.38. The number of halogens is 6. The summed E-state index contributed by atoms with van der Waals surface area (Å²) < 4.78 is 82.3. The van der Waals surface area contributed by atoms with E-state index in [0.717, 1.165) is 56.4 Å². The Labute approximate surface area is 215 Å². The van der Waals surface area contributed by atoms with E-state index in [2.05, 4.69) is 5.32 Å². The Morgan fingerprint density at radius 1 is 1.14 bits per heavy atom. The van der Waals surface area contributed by atoms with E-state index < -0.39 is 52.6 Å².